The van der Waals surface area contributed by atoms with Crippen LogP contribution in [0.5, 0.6) is 0 Å². The van der Waals surface area contributed by atoms with Crippen molar-refractivity contribution in [1.29, 1.82) is 0 Å². The summed E-state index contributed by atoms with van der Waals surface area (Å²) in [6, 6.07) is 10.8. The van der Waals surface area contributed by atoms with Crippen LogP contribution in [0.2, 0.25) is 0 Å². The van der Waals surface area contributed by atoms with Crippen molar-refractivity contribution in [2.45, 2.75) is 17.7 Å². The Morgan fingerprint density at radius 3 is 2.69 bits per heavy atom. The summed E-state index contributed by atoms with van der Waals surface area (Å²) in [5.41, 5.74) is 7.43. The van der Waals surface area contributed by atoms with Crippen molar-refractivity contribution in [3.05, 3.63) is 96.0 Å². The lowest BCUT2D eigenvalue weighted by Crippen LogP contribution is -2.53. The quantitative estimate of drug-likeness (QED) is 0.511. The molecule has 9 nitrogen and oxygen atoms in total. The second-order valence-corrected chi connectivity index (χ2v) is 10.6. The first kappa shape index (κ1) is 23.8. The van der Waals surface area contributed by atoms with Gasteiger partial charge in [0.1, 0.15) is 16.4 Å². The molecule has 0 saturated carbocycles. The molecule has 1 fully saturated rings. The average molecular weight is 507 g/mol. The molecule has 1 atom stereocenters. The molecule has 0 bridgehead atoms. The van der Waals surface area contributed by atoms with Crippen LogP contribution in [0.4, 0.5) is 10.1 Å². The number of nitrogens with two attached hydrogens (primary N) is 1. The molecule has 11 heteroatoms. The highest BCUT2D eigenvalue weighted by Gasteiger charge is 2.51. The van der Waals surface area contributed by atoms with Gasteiger partial charge in [0, 0.05) is 25.5 Å². The highest BCUT2D eigenvalue weighted by atomic mass is 32.2. The van der Waals surface area contributed by atoms with Gasteiger partial charge in [0.2, 0.25) is 10.0 Å². The van der Waals surface area contributed by atoms with E-state index in [4.69, 9.17) is 5.73 Å². The van der Waals surface area contributed by atoms with Crippen LogP contribution in [0.1, 0.15) is 23.3 Å². The predicted molar refractivity (Wildman–Crippen MR) is 131 cm³/mol. The number of Topliss-reactive ketones (excluding diaryl/α,β-unsaturated/α-hetero) is 1. The molecular formula is C25H23FN6O3S. The Bertz CT molecular complexity index is 1480. The minimum atomic E-state index is -3.89. The maximum Gasteiger partial charge on any atom is 0.246 e. The van der Waals surface area contributed by atoms with Gasteiger partial charge in [-0.25, -0.2) is 17.8 Å². The van der Waals surface area contributed by atoms with E-state index in [1.54, 1.807) is 36.4 Å². The van der Waals surface area contributed by atoms with Crippen LogP contribution in [-0.2, 0) is 10.0 Å². The van der Waals surface area contributed by atoms with Crippen molar-refractivity contribution in [2.75, 3.05) is 13.1 Å². The third-order valence-electron chi connectivity index (χ3n) is 6.54. The van der Waals surface area contributed by atoms with Crippen LogP contribution < -0.4 is 5.73 Å². The van der Waals surface area contributed by atoms with Crippen molar-refractivity contribution >= 4 is 27.2 Å². The Labute approximate surface area is 207 Å². The van der Waals surface area contributed by atoms with Gasteiger partial charge in [-0.2, -0.15) is 9.40 Å². The number of carbonyl (C=O) groups is 1. The second kappa shape index (κ2) is 9.25. The van der Waals surface area contributed by atoms with Gasteiger partial charge >= 0.3 is 0 Å². The molecule has 0 amide bonds. The third kappa shape index (κ3) is 4.16. The Balaban J connectivity index is 1.62. The highest BCUT2D eigenvalue weighted by molar-refractivity contribution is 7.89. The van der Waals surface area contributed by atoms with E-state index in [-0.39, 0.29) is 41.7 Å². The molecule has 3 N–H and O–H groups in total. The number of aliphatic imine (C=N–C) groups is 1. The molecule has 3 aromatic rings. The Hall–Kier alpha value is -3.96. The van der Waals surface area contributed by atoms with Gasteiger partial charge < -0.3 is 5.73 Å². The summed E-state index contributed by atoms with van der Waals surface area (Å²) in [6.07, 6.45) is 7.72. The van der Waals surface area contributed by atoms with Crippen LogP contribution in [0.3, 0.4) is 0 Å². The summed E-state index contributed by atoms with van der Waals surface area (Å²) in [5.74, 6) is -0.664. The molecule has 184 valence electrons. The Kier molecular flexibility index (Phi) is 6.10. The zero-order valence-electron chi connectivity index (χ0n) is 19.1. The van der Waals surface area contributed by atoms with Crippen molar-refractivity contribution in [2.24, 2.45) is 16.1 Å². The first-order chi connectivity index (χ1) is 17.3. The maximum absolute atomic E-state index is 14.0. The number of aromatic amines is 1. The number of allylic oxidation sites excluding steroid dienone is 2. The van der Waals surface area contributed by atoms with E-state index in [0.717, 1.165) is 5.57 Å². The number of rotatable bonds is 5. The van der Waals surface area contributed by atoms with E-state index < -0.39 is 15.4 Å². The number of pyridine rings is 1. The standard InChI is InChI=1S/C25H23FN6O3S/c26-19-4-6-20(7-5-19)31-23-11-18-8-10-32(36(34,35)21-14-29-30-15-21)16-25(18,12-17(23)13-27)24(33)22-3-1-2-9-28-22/h1-7,9,11,13-15H,8,10,12,16,27H2,(H,29,30)/b17-13-,31-23?/t25-/m0/s1. The zero-order chi connectivity index (χ0) is 25.3. The largest absolute Gasteiger partial charge is 0.404 e. The monoisotopic (exact) mass is 506 g/mol. The minimum absolute atomic E-state index is 0.0272. The lowest BCUT2D eigenvalue weighted by molar-refractivity contribution is 0.0770. The maximum atomic E-state index is 14.0. The fourth-order valence-electron chi connectivity index (χ4n) is 4.70. The number of nitrogens with zero attached hydrogens (tertiary/aromatic N) is 4. The fraction of sp³-hybridized carbons (Fsp3) is 0.200. The van der Waals surface area contributed by atoms with Crippen molar-refractivity contribution in [3.63, 3.8) is 0 Å². The summed E-state index contributed by atoms with van der Waals surface area (Å²) in [6.45, 7) is 0.102. The van der Waals surface area contributed by atoms with E-state index in [1.807, 2.05) is 0 Å². The lowest BCUT2D eigenvalue weighted by atomic mass is 9.64. The third-order valence-corrected chi connectivity index (χ3v) is 8.35. The van der Waals surface area contributed by atoms with Crippen LogP contribution in [-0.4, -0.2) is 52.5 Å². The molecular weight excluding hydrogens is 483 g/mol. The SMILES string of the molecule is N/C=C1/C[C@]2(C(=O)c3ccccn3)CN(S(=O)(=O)c3cn[nH]c3)CCC2=CC1=Nc1ccc(F)cc1. The topological polar surface area (TPSA) is 134 Å². The first-order valence-electron chi connectivity index (χ1n) is 11.2. The molecule has 2 aromatic heterocycles. The van der Waals surface area contributed by atoms with Gasteiger partial charge in [0.25, 0.3) is 0 Å². The number of carbonyl (C=O) groups excluding carboxylic acids is 1. The number of benzene rings is 1. The van der Waals surface area contributed by atoms with E-state index >= 15 is 0 Å². The molecule has 2 aliphatic rings. The molecule has 0 radical (unpaired) electrons. The van der Waals surface area contributed by atoms with E-state index in [9.17, 15) is 17.6 Å². The first-order valence-corrected chi connectivity index (χ1v) is 12.7. The van der Waals surface area contributed by atoms with Gasteiger partial charge in [0.15, 0.2) is 5.78 Å². The molecule has 36 heavy (non-hydrogen) atoms. The van der Waals surface area contributed by atoms with Gasteiger partial charge in [-0.15, -0.1) is 0 Å². The van der Waals surface area contributed by atoms with E-state index in [1.165, 1.54) is 41.2 Å². The normalized spacial score (nSPS) is 22.9. The molecule has 1 aliphatic carbocycles. The number of piperidine rings is 1. The van der Waals surface area contributed by atoms with Gasteiger partial charge in [-0.1, -0.05) is 11.6 Å². The zero-order valence-corrected chi connectivity index (χ0v) is 20.0. The number of ketones is 1. The Morgan fingerprint density at radius 2 is 2.03 bits per heavy atom. The van der Waals surface area contributed by atoms with Gasteiger partial charge in [-0.3, -0.25) is 14.9 Å². The van der Waals surface area contributed by atoms with Crippen LogP contribution in [0.25, 0.3) is 0 Å². The summed E-state index contributed by atoms with van der Waals surface area (Å²) < 4.78 is 41.4. The van der Waals surface area contributed by atoms with Crippen molar-refractivity contribution in [3.8, 4) is 0 Å². The lowest BCUT2D eigenvalue weighted by Gasteiger charge is -2.45. The van der Waals surface area contributed by atoms with Gasteiger partial charge in [0.05, 0.1) is 23.0 Å². The number of H-pyrrole nitrogens is 1. The number of halogens is 1. The Morgan fingerprint density at radius 1 is 1.22 bits per heavy atom. The van der Waals surface area contributed by atoms with Crippen LogP contribution >= 0.6 is 0 Å². The van der Waals surface area contributed by atoms with Crippen molar-refractivity contribution < 1.29 is 17.6 Å². The number of nitrogens with one attached hydrogen (secondary N) is 1. The number of aromatic nitrogens is 3. The summed E-state index contributed by atoms with van der Waals surface area (Å²) in [5, 5.41) is 6.29. The van der Waals surface area contributed by atoms with Gasteiger partial charge in [-0.05, 0) is 67.1 Å². The molecule has 0 unspecified atom stereocenters. The summed E-state index contributed by atoms with van der Waals surface area (Å²) in [7, 11) is -3.89. The van der Waals surface area contributed by atoms with Crippen LogP contribution in [0, 0.1) is 11.2 Å². The average Bonchev–Trinajstić information content (AvgIpc) is 3.45. The predicted octanol–water partition coefficient (Wildman–Crippen LogP) is 3.15. The molecule has 1 saturated heterocycles. The number of hydrogen-bond acceptors (Lipinski definition) is 7. The molecule has 0 spiro atoms. The van der Waals surface area contributed by atoms with Crippen LogP contribution in [0.15, 0.2) is 94.4 Å². The summed E-state index contributed by atoms with van der Waals surface area (Å²) >= 11 is 0. The summed E-state index contributed by atoms with van der Waals surface area (Å²) in [4.78, 5) is 22.9. The molecule has 5 rings (SSSR count). The second-order valence-electron chi connectivity index (χ2n) is 8.66. The minimum Gasteiger partial charge on any atom is -0.404 e. The molecule has 1 aromatic carbocycles. The smallest absolute Gasteiger partial charge is 0.246 e. The molecule has 3 heterocycles. The number of hydrogen-bond donors (Lipinski definition) is 2. The fourth-order valence-corrected chi connectivity index (χ4v) is 6.10. The van der Waals surface area contributed by atoms with Crippen molar-refractivity contribution in [1.82, 2.24) is 19.5 Å². The highest BCUT2D eigenvalue weighted by Crippen LogP contribution is 2.47. The van der Waals surface area contributed by atoms with E-state index in [2.05, 4.69) is 20.2 Å². The van der Waals surface area contributed by atoms with E-state index in [0.29, 0.717) is 23.4 Å². The number of fused-ring (bicyclic) bond motifs is 1. The molecule has 1 aliphatic heterocycles. The number of sulfonamides is 1.